The van der Waals surface area contributed by atoms with Crippen molar-refractivity contribution in [3.05, 3.63) is 33.1 Å². The zero-order valence-corrected chi connectivity index (χ0v) is 9.47. The first kappa shape index (κ1) is 10.2. The van der Waals surface area contributed by atoms with Crippen LogP contribution in [-0.4, -0.2) is 15.6 Å². The molecule has 0 fully saturated rings. The number of ketones is 1. The number of hydrogen-bond acceptors (Lipinski definition) is 4. The van der Waals surface area contributed by atoms with E-state index >= 15 is 0 Å². The Morgan fingerprint density at radius 2 is 2.33 bits per heavy atom. The second-order valence-electron chi connectivity index (χ2n) is 3.00. The molecule has 0 saturated carbocycles. The van der Waals surface area contributed by atoms with Crippen molar-refractivity contribution < 1.29 is 4.79 Å². The second kappa shape index (κ2) is 3.67. The number of nitrogen functional groups attached to an aromatic ring is 1. The summed E-state index contributed by atoms with van der Waals surface area (Å²) < 4.78 is 2.04. The van der Waals surface area contributed by atoms with Crippen molar-refractivity contribution >= 4 is 34.5 Å². The van der Waals surface area contributed by atoms with E-state index in [2.05, 4.69) is 5.10 Å². The fraction of sp³-hybridized carbons (Fsp3) is 0.111. The van der Waals surface area contributed by atoms with Gasteiger partial charge in [-0.3, -0.25) is 9.48 Å². The Morgan fingerprint density at radius 1 is 1.60 bits per heavy atom. The first-order valence-corrected chi connectivity index (χ1v) is 5.36. The molecule has 2 aromatic heterocycles. The van der Waals surface area contributed by atoms with E-state index in [1.165, 1.54) is 22.2 Å². The predicted molar refractivity (Wildman–Crippen MR) is 60.4 cm³/mol. The molecule has 0 radical (unpaired) electrons. The Morgan fingerprint density at radius 3 is 2.80 bits per heavy atom. The van der Waals surface area contributed by atoms with Gasteiger partial charge in [0, 0.05) is 7.05 Å². The Hall–Kier alpha value is -1.33. The van der Waals surface area contributed by atoms with E-state index in [9.17, 15) is 4.79 Å². The Kier molecular flexibility index (Phi) is 2.50. The first-order chi connectivity index (χ1) is 7.09. The lowest BCUT2D eigenvalue weighted by Gasteiger charge is -1.96. The summed E-state index contributed by atoms with van der Waals surface area (Å²) in [6.45, 7) is 0. The van der Waals surface area contributed by atoms with E-state index in [4.69, 9.17) is 17.3 Å². The van der Waals surface area contributed by atoms with E-state index in [1.807, 2.05) is 0 Å². The number of anilines is 1. The zero-order chi connectivity index (χ0) is 11.0. The Labute approximate surface area is 95.3 Å². The lowest BCUT2D eigenvalue weighted by Crippen LogP contribution is -2.04. The number of carbonyl (C=O) groups excluding carboxylic acids is 1. The van der Waals surface area contributed by atoms with Crippen molar-refractivity contribution in [3.63, 3.8) is 0 Å². The summed E-state index contributed by atoms with van der Waals surface area (Å²) in [5, 5.41) is 3.91. The number of aryl methyl sites for hydroxylation is 1. The number of nitrogens with zero attached hydrogens (tertiary/aromatic N) is 2. The van der Waals surface area contributed by atoms with Gasteiger partial charge in [-0.15, -0.1) is 11.3 Å². The number of rotatable bonds is 2. The molecule has 0 aliphatic carbocycles. The van der Waals surface area contributed by atoms with Gasteiger partial charge in [-0.25, -0.2) is 0 Å². The van der Waals surface area contributed by atoms with Crippen LogP contribution in [0.1, 0.15) is 15.2 Å². The van der Waals surface area contributed by atoms with Crippen molar-refractivity contribution in [3.8, 4) is 0 Å². The molecule has 2 N–H and O–H groups in total. The van der Waals surface area contributed by atoms with Crippen LogP contribution in [0.2, 0.25) is 4.34 Å². The van der Waals surface area contributed by atoms with Crippen LogP contribution in [0.3, 0.4) is 0 Å². The number of hydrogen-bond donors (Lipinski definition) is 1. The minimum absolute atomic E-state index is 0.141. The van der Waals surface area contributed by atoms with Crippen LogP contribution in [0, 0.1) is 0 Å². The largest absolute Gasteiger partial charge is 0.383 e. The highest BCUT2D eigenvalue weighted by molar-refractivity contribution is 7.18. The van der Waals surface area contributed by atoms with Crippen LogP contribution in [0.5, 0.6) is 0 Å². The lowest BCUT2D eigenvalue weighted by atomic mass is 10.2. The summed E-state index contributed by atoms with van der Waals surface area (Å²) in [5.74, 6) is 0.224. The molecule has 78 valence electrons. The van der Waals surface area contributed by atoms with E-state index in [1.54, 1.807) is 19.2 Å². The summed E-state index contributed by atoms with van der Waals surface area (Å²) in [4.78, 5) is 12.5. The molecular formula is C9H8ClN3OS. The molecule has 0 saturated heterocycles. The SMILES string of the molecule is Cn1ncc(C(=O)c2ccc(Cl)s2)c1N. The van der Waals surface area contributed by atoms with Gasteiger partial charge in [0.1, 0.15) is 5.82 Å². The lowest BCUT2D eigenvalue weighted by molar-refractivity contribution is 0.104. The van der Waals surface area contributed by atoms with Crippen molar-refractivity contribution in [1.82, 2.24) is 9.78 Å². The van der Waals surface area contributed by atoms with E-state index < -0.39 is 0 Å². The third-order valence-electron chi connectivity index (χ3n) is 2.03. The standard InChI is InChI=1S/C9H8ClN3OS/c1-13-9(11)5(4-12-13)8(14)6-2-3-7(10)15-6/h2-4H,11H2,1H3. The summed E-state index contributed by atoms with van der Waals surface area (Å²) >= 11 is 6.98. The maximum absolute atomic E-state index is 11.9. The minimum Gasteiger partial charge on any atom is -0.383 e. The van der Waals surface area contributed by atoms with E-state index in [0.29, 0.717) is 20.6 Å². The summed E-state index contributed by atoms with van der Waals surface area (Å²) in [7, 11) is 1.69. The van der Waals surface area contributed by atoms with Crippen LogP contribution < -0.4 is 5.73 Å². The second-order valence-corrected chi connectivity index (χ2v) is 4.72. The molecular weight excluding hydrogens is 234 g/mol. The molecule has 0 unspecified atom stereocenters. The number of nitrogens with two attached hydrogens (primary N) is 1. The Balaban J connectivity index is 2.41. The van der Waals surface area contributed by atoms with Gasteiger partial charge in [0.05, 0.1) is 21.0 Å². The zero-order valence-electron chi connectivity index (χ0n) is 7.90. The van der Waals surface area contributed by atoms with Gasteiger partial charge in [-0.2, -0.15) is 5.10 Å². The number of aromatic nitrogens is 2. The average molecular weight is 242 g/mol. The molecule has 6 heteroatoms. The fourth-order valence-electron chi connectivity index (χ4n) is 1.19. The monoisotopic (exact) mass is 241 g/mol. The van der Waals surface area contributed by atoms with Crippen LogP contribution in [0.4, 0.5) is 5.82 Å². The van der Waals surface area contributed by atoms with Crippen molar-refractivity contribution in [1.29, 1.82) is 0 Å². The molecule has 4 nitrogen and oxygen atoms in total. The minimum atomic E-state index is -0.141. The quantitative estimate of drug-likeness (QED) is 0.818. The van der Waals surface area contributed by atoms with Crippen LogP contribution in [0.15, 0.2) is 18.3 Å². The van der Waals surface area contributed by atoms with Crippen molar-refractivity contribution in [2.75, 3.05) is 5.73 Å². The normalized spacial score (nSPS) is 10.5. The predicted octanol–water partition coefficient (Wildman–Crippen LogP) is 1.95. The Bertz CT molecular complexity index is 517. The highest BCUT2D eigenvalue weighted by atomic mass is 35.5. The average Bonchev–Trinajstić information content (AvgIpc) is 2.75. The number of thiophene rings is 1. The molecule has 0 atom stereocenters. The van der Waals surface area contributed by atoms with Gasteiger partial charge in [0.2, 0.25) is 5.78 Å². The van der Waals surface area contributed by atoms with Gasteiger partial charge >= 0.3 is 0 Å². The van der Waals surface area contributed by atoms with Crippen molar-refractivity contribution in [2.24, 2.45) is 7.05 Å². The van der Waals surface area contributed by atoms with Crippen LogP contribution in [-0.2, 0) is 7.05 Å². The van der Waals surface area contributed by atoms with Crippen LogP contribution >= 0.6 is 22.9 Å². The van der Waals surface area contributed by atoms with Gasteiger partial charge < -0.3 is 5.73 Å². The van der Waals surface area contributed by atoms with Gasteiger partial charge in [-0.05, 0) is 12.1 Å². The summed E-state index contributed by atoms with van der Waals surface area (Å²) in [6, 6.07) is 3.37. The summed E-state index contributed by atoms with van der Waals surface area (Å²) in [6.07, 6.45) is 1.46. The molecule has 0 amide bonds. The van der Waals surface area contributed by atoms with E-state index in [0.717, 1.165) is 0 Å². The molecule has 2 aromatic rings. The molecule has 0 aromatic carbocycles. The fourth-order valence-corrected chi connectivity index (χ4v) is 2.19. The van der Waals surface area contributed by atoms with Crippen LogP contribution in [0.25, 0.3) is 0 Å². The number of carbonyl (C=O) groups is 1. The molecule has 0 aliphatic heterocycles. The first-order valence-electron chi connectivity index (χ1n) is 4.17. The third kappa shape index (κ3) is 1.75. The van der Waals surface area contributed by atoms with Gasteiger partial charge in [0.15, 0.2) is 0 Å². The van der Waals surface area contributed by atoms with Crippen molar-refractivity contribution in [2.45, 2.75) is 0 Å². The number of halogens is 1. The van der Waals surface area contributed by atoms with Gasteiger partial charge in [0.25, 0.3) is 0 Å². The topological polar surface area (TPSA) is 60.9 Å². The maximum atomic E-state index is 11.9. The van der Waals surface area contributed by atoms with E-state index in [-0.39, 0.29) is 5.78 Å². The highest BCUT2D eigenvalue weighted by Crippen LogP contribution is 2.25. The molecule has 0 spiro atoms. The maximum Gasteiger partial charge on any atom is 0.208 e. The third-order valence-corrected chi connectivity index (χ3v) is 3.26. The molecule has 2 rings (SSSR count). The molecule has 0 bridgehead atoms. The molecule has 2 heterocycles. The molecule has 15 heavy (non-hydrogen) atoms. The van der Waals surface area contributed by atoms with Gasteiger partial charge in [-0.1, -0.05) is 11.6 Å². The highest BCUT2D eigenvalue weighted by Gasteiger charge is 2.17. The summed E-state index contributed by atoms with van der Waals surface area (Å²) in [5.41, 5.74) is 6.11. The molecule has 0 aliphatic rings. The smallest absolute Gasteiger partial charge is 0.208 e.